The Morgan fingerprint density at radius 2 is 2.00 bits per heavy atom. The zero-order valence-electron chi connectivity index (χ0n) is 12.7. The van der Waals surface area contributed by atoms with Gasteiger partial charge in [0.25, 0.3) is 0 Å². The molecule has 3 rings (SSSR count). The molecule has 1 atom stereocenters. The smallest absolute Gasteiger partial charge is 0.409 e. The van der Waals surface area contributed by atoms with Gasteiger partial charge in [-0.3, -0.25) is 0 Å². The van der Waals surface area contributed by atoms with Crippen molar-refractivity contribution in [2.24, 2.45) is 0 Å². The molecule has 2 aliphatic heterocycles. The van der Waals surface area contributed by atoms with Crippen LogP contribution >= 0.6 is 0 Å². The number of nitrogens with zero attached hydrogens (tertiary/aromatic N) is 2. The molecular formula is C16H23N3O3. The van der Waals surface area contributed by atoms with Crippen molar-refractivity contribution in [3.8, 4) is 0 Å². The predicted molar refractivity (Wildman–Crippen MR) is 84.2 cm³/mol. The number of hydrogen-bond acceptors (Lipinski definition) is 5. The molecule has 2 heterocycles. The highest BCUT2D eigenvalue weighted by atomic mass is 16.6. The molecule has 0 spiro atoms. The third-order valence-electron chi connectivity index (χ3n) is 4.06. The highest BCUT2D eigenvalue weighted by Crippen LogP contribution is 2.15. The Balaban J connectivity index is 1.41. The van der Waals surface area contributed by atoms with Crippen LogP contribution in [0.5, 0.6) is 0 Å². The van der Waals surface area contributed by atoms with E-state index in [1.54, 1.807) is 4.90 Å². The monoisotopic (exact) mass is 305 g/mol. The summed E-state index contributed by atoms with van der Waals surface area (Å²) >= 11 is 0. The first-order valence-corrected chi connectivity index (χ1v) is 7.87. The van der Waals surface area contributed by atoms with Gasteiger partial charge in [0, 0.05) is 45.0 Å². The van der Waals surface area contributed by atoms with Gasteiger partial charge in [0.1, 0.15) is 12.7 Å². The second kappa shape index (κ2) is 7.47. The molecule has 6 heteroatoms. The molecule has 1 aromatic carbocycles. The molecule has 0 aromatic heterocycles. The summed E-state index contributed by atoms with van der Waals surface area (Å²) in [6.45, 7) is 5.67. The fourth-order valence-electron chi connectivity index (χ4n) is 2.77. The summed E-state index contributed by atoms with van der Waals surface area (Å²) in [4.78, 5) is 16.2. The van der Waals surface area contributed by atoms with Gasteiger partial charge in [-0.25, -0.2) is 4.79 Å². The summed E-state index contributed by atoms with van der Waals surface area (Å²) in [7, 11) is 0. The summed E-state index contributed by atoms with van der Waals surface area (Å²) in [5.41, 5.74) is 1.21. The lowest BCUT2D eigenvalue weighted by Crippen LogP contribution is -2.49. The van der Waals surface area contributed by atoms with Crippen LogP contribution in [-0.4, -0.2) is 69.6 Å². The van der Waals surface area contributed by atoms with Gasteiger partial charge in [0.15, 0.2) is 0 Å². The van der Waals surface area contributed by atoms with Crippen molar-refractivity contribution in [3.63, 3.8) is 0 Å². The molecule has 0 radical (unpaired) electrons. The lowest BCUT2D eigenvalue weighted by atomic mass is 10.2. The molecule has 2 fully saturated rings. The third kappa shape index (κ3) is 3.90. The minimum absolute atomic E-state index is 0.0247. The molecule has 1 aromatic rings. The first-order valence-electron chi connectivity index (χ1n) is 7.87. The van der Waals surface area contributed by atoms with Gasteiger partial charge < -0.3 is 24.6 Å². The van der Waals surface area contributed by atoms with Crippen LogP contribution in [-0.2, 0) is 9.47 Å². The number of anilines is 1. The van der Waals surface area contributed by atoms with Crippen LogP contribution in [0.25, 0.3) is 0 Å². The van der Waals surface area contributed by atoms with Gasteiger partial charge in [0.05, 0.1) is 6.61 Å². The second-order valence-electron chi connectivity index (χ2n) is 5.58. The Morgan fingerprint density at radius 1 is 1.23 bits per heavy atom. The Labute approximate surface area is 131 Å². The molecule has 22 heavy (non-hydrogen) atoms. The topological polar surface area (TPSA) is 54.0 Å². The van der Waals surface area contributed by atoms with Gasteiger partial charge in [-0.15, -0.1) is 0 Å². The van der Waals surface area contributed by atoms with E-state index in [0.29, 0.717) is 26.3 Å². The highest BCUT2D eigenvalue weighted by molar-refractivity contribution is 5.68. The quantitative estimate of drug-likeness (QED) is 0.900. The summed E-state index contributed by atoms with van der Waals surface area (Å²) in [6, 6.07) is 10.3. The minimum Gasteiger partial charge on any atom is -0.447 e. The molecule has 0 aliphatic carbocycles. The first-order chi connectivity index (χ1) is 10.8. The van der Waals surface area contributed by atoms with E-state index in [9.17, 15) is 4.79 Å². The van der Waals surface area contributed by atoms with Crippen LogP contribution in [0.2, 0.25) is 0 Å². The SMILES string of the molecule is O=C(OC[C@@H]1CNCCO1)N1CCN(c2ccccc2)CC1. The highest BCUT2D eigenvalue weighted by Gasteiger charge is 2.23. The Bertz CT molecular complexity index is 469. The first kappa shape index (κ1) is 15.1. The fourth-order valence-corrected chi connectivity index (χ4v) is 2.77. The Hall–Kier alpha value is -1.79. The van der Waals surface area contributed by atoms with Crippen LogP contribution in [0, 0.1) is 0 Å². The number of para-hydroxylation sites is 1. The maximum absolute atomic E-state index is 12.1. The van der Waals surface area contributed by atoms with Crippen molar-refractivity contribution >= 4 is 11.8 Å². The maximum atomic E-state index is 12.1. The average molecular weight is 305 g/mol. The lowest BCUT2D eigenvalue weighted by Gasteiger charge is -2.35. The van der Waals surface area contributed by atoms with E-state index in [1.165, 1.54) is 5.69 Å². The standard InChI is InChI=1S/C16H23N3O3/c20-16(22-13-15-12-17-6-11-21-15)19-9-7-18(8-10-19)14-4-2-1-3-5-14/h1-5,15,17H,6-13H2/t15-/m0/s1. The molecule has 2 saturated heterocycles. The van der Waals surface area contributed by atoms with E-state index in [-0.39, 0.29) is 12.2 Å². The van der Waals surface area contributed by atoms with Crippen LogP contribution in [0.4, 0.5) is 10.5 Å². The molecule has 6 nitrogen and oxygen atoms in total. The van der Waals surface area contributed by atoms with Crippen LogP contribution in [0.3, 0.4) is 0 Å². The molecule has 120 valence electrons. The van der Waals surface area contributed by atoms with Crippen molar-refractivity contribution < 1.29 is 14.3 Å². The van der Waals surface area contributed by atoms with Gasteiger partial charge in [-0.05, 0) is 12.1 Å². The molecule has 2 aliphatic rings. The molecule has 0 saturated carbocycles. The van der Waals surface area contributed by atoms with E-state index < -0.39 is 0 Å². The molecule has 1 amide bonds. The number of nitrogens with one attached hydrogen (secondary N) is 1. The summed E-state index contributed by atoms with van der Waals surface area (Å²) < 4.78 is 10.9. The molecular weight excluding hydrogens is 282 g/mol. The summed E-state index contributed by atoms with van der Waals surface area (Å²) in [5.74, 6) is 0. The number of piperazine rings is 1. The molecule has 1 N–H and O–H groups in total. The molecule has 0 unspecified atom stereocenters. The number of carbonyl (C=O) groups is 1. The number of benzene rings is 1. The van der Waals surface area contributed by atoms with E-state index in [0.717, 1.165) is 26.2 Å². The maximum Gasteiger partial charge on any atom is 0.409 e. The summed E-state index contributed by atoms with van der Waals surface area (Å²) in [6.07, 6.45) is -0.259. The van der Waals surface area contributed by atoms with E-state index in [2.05, 4.69) is 22.3 Å². The zero-order chi connectivity index (χ0) is 15.2. The number of morpholine rings is 1. The minimum atomic E-state index is -0.234. The predicted octanol–water partition coefficient (Wildman–Crippen LogP) is 0.934. The van der Waals surface area contributed by atoms with E-state index in [4.69, 9.17) is 9.47 Å². The number of rotatable bonds is 3. The largest absolute Gasteiger partial charge is 0.447 e. The average Bonchev–Trinajstić information content (AvgIpc) is 2.61. The second-order valence-corrected chi connectivity index (χ2v) is 5.58. The number of ether oxygens (including phenoxy) is 2. The van der Waals surface area contributed by atoms with E-state index >= 15 is 0 Å². The van der Waals surface area contributed by atoms with Crippen LogP contribution in [0.1, 0.15) is 0 Å². The zero-order valence-corrected chi connectivity index (χ0v) is 12.7. The Morgan fingerprint density at radius 3 is 2.68 bits per heavy atom. The van der Waals surface area contributed by atoms with Crippen molar-refractivity contribution in [1.29, 1.82) is 0 Å². The number of amides is 1. The third-order valence-corrected chi connectivity index (χ3v) is 4.06. The van der Waals surface area contributed by atoms with Crippen molar-refractivity contribution in [2.75, 3.05) is 57.4 Å². The number of carbonyl (C=O) groups excluding carboxylic acids is 1. The summed E-state index contributed by atoms with van der Waals surface area (Å²) in [5, 5.41) is 3.23. The van der Waals surface area contributed by atoms with Crippen molar-refractivity contribution in [3.05, 3.63) is 30.3 Å². The van der Waals surface area contributed by atoms with Gasteiger partial charge >= 0.3 is 6.09 Å². The fraction of sp³-hybridized carbons (Fsp3) is 0.562. The lowest BCUT2D eigenvalue weighted by molar-refractivity contribution is -0.0186. The number of hydrogen-bond donors (Lipinski definition) is 1. The van der Waals surface area contributed by atoms with Gasteiger partial charge in [-0.1, -0.05) is 18.2 Å². The Kier molecular flexibility index (Phi) is 5.13. The van der Waals surface area contributed by atoms with E-state index in [1.807, 2.05) is 18.2 Å². The van der Waals surface area contributed by atoms with Crippen LogP contribution in [0.15, 0.2) is 30.3 Å². The molecule has 0 bridgehead atoms. The van der Waals surface area contributed by atoms with Gasteiger partial charge in [0.2, 0.25) is 0 Å². The normalized spacial score (nSPS) is 22.5. The van der Waals surface area contributed by atoms with Crippen molar-refractivity contribution in [1.82, 2.24) is 10.2 Å². The van der Waals surface area contributed by atoms with Crippen molar-refractivity contribution in [2.45, 2.75) is 6.10 Å². The van der Waals surface area contributed by atoms with Crippen LogP contribution < -0.4 is 10.2 Å². The van der Waals surface area contributed by atoms with Gasteiger partial charge in [-0.2, -0.15) is 0 Å².